The van der Waals surface area contributed by atoms with Crippen LogP contribution >= 0.6 is 0 Å². The van der Waals surface area contributed by atoms with Gasteiger partial charge in [-0.3, -0.25) is 9.52 Å². The Bertz CT molecular complexity index is 1160. The van der Waals surface area contributed by atoms with Gasteiger partial charge in [0.05, 0.1) is 4.90 Å². The molecule has 3 aromatic rings. The summed E-state index contributed by atoms with van der Waals surface area (Å²) in [5, 5.41) is 0. The third-order valence-corrected chi connectivity index (χ3v) is 6.79. The average Bonchev–Trinajstić information content (AvgIpc) is 2.75. The molecule has 0 unspecified atom stereocenters. The van der Waals surface area contributed by atoms with E-state index in [2.05, 4.69) is 37.6 Å². The highest BCUT2D eigenvalue weighted by molar-refractivity contribution is 7.92. The van der Waals surface area contributed by atoms with Gasteiger partial charge in [-0.2, -0.15) is 0 Å². The molecule has 31 heavy (non-hydrogen) atoms. The summed E-state index contributed by atoms with van der Waals surface area (Å²) in [6, 6.07) is 20.6. The summed E-state index contributed by atoms with van der Waals surface area (Å²) in [5.41, 5.74) is 2.11. The second-order valence-corrected chi connectivity index (χ2v) is 9.76. The number of Topliss-reactive ketones (excluding diaryl/α,β-unsaturated/α-hetero) is 1. The average molecular weight is 438 g/mol. The van der Waals surface area contributed by atoms with Crippen LogP contribution in [-0.4, -0.2) is 14.2 Å². The molecule has 0 aromatic heterocycles. The van der Waals surface area contributed by atoms with Gasteiger partial charge in [0.1, 0.15) is 11.5 Å². The van der Waals surface area contributed by atoms with Crippen LogP contribution in [0.1, 0.15) is 50.0 Å². The zero-order chi connectivity index (χ0) is 22.6. The van der Waals surface area contributed by atoms with Crippen molar-refractivity contribution < 1.29 is 17.9 Å². The van der Waals surface area contributed by atoms with Crippen molar-refractivity contribution in [2.24, 2.45) is 0 Å². The minimum Gasteiger partial charge on any atom is -0.457 e. The van der Waals surface area contributed by atoms with Crippen molar-refractivity contribution in [2.75, 3.05) is 4.72 Å². The second kappa shape index (κ2) is 8.94. The number of sulfonamides is 1. The number of nitrogens with one attached hydrogen (secondary N) is 1. The zero-order valence-corrected chi connectivity index (χ0v) is 19.0. The van der Waals surface area contributed by atoms with Crippen molar-refractivity contribution >= 4 is 21.5 Å². The summed E-state index contributed by atoms with van der Waals surface area (Å²) in [6.07, 6.45) is 1.05. The molecule has 0 aliphatic rings. The molecule has 0 saturated heterocycles. The topological polar surface area (TPSA) is 72.5 Å². The van der Waals surface area contributed by atoms with E-state index in [4.69, 9.17) is 4.74 Å². The molecular formula is C25H27NO4S. The lowest BCUT2D eigenvalue weighted by atomic mass is 9.82. The van der Waals surface area contributed by atoms with Crippen molar-refractivity contribution in [3.63, 3.8) is 0 Å². The molecule has 0 radical (unpaired) electrons. The van der Waals surface area contributed by atoms with Crippen LogP contribution in [-0.2, 0) is 15.4 Å². The van der Waals surface area contributed by atoms with Crippen LogP contribution in [0.5, 0.6) is 11.5 Å². The van der Waals surface area contributed by atoms with Crippen molar-refractivity contribution in [1.82, 2.24) is 0 Å². The Hall–Kier alpha value is -3.12. The Morgan fingerprint density at radius 2 is 1.52 bits per heavy atom. The normalized spacial score (nSPS) is 11.7. The van der Waals surface area contributed by atoms with E-state index in [-0.39, 0.29) is 16.1 Å². The summed E-state index contributed by atoms with van der Waals surface area (Å²) >= 11 is 0. The third-order valence-electron chi connectivity index (χ3n) is 5.41. The van der Waals surface area contributed by atoms with Gasteiger partial charge in [0.25, 0.3) is 10.0 Å². The maximum Gasteiger partial charge on any atom is 0.261 e. The number of anilines is 1. The number of ether oxygens (including phenoxy) is 1. The molecule has 3 rings (SSSR count). The molecule has 162 valence electrons. The van der Waals surface area contributed by atoms with E-state index in [1.807, 2.05) is 12.1 Å². The first-order valence-corrected chi connectivity index (χ1v) is 11.6. The van der Waals surface area contributed by atoms with Crippen LogP contribution in [0.3, 0.4) is 0 Å². The quantitative estimate of drug-likeness (QED) is 0.428. The molecule has 1 N–H and O–H groups in total. The molecule has 3 aromatic carbocycles. The van der Waals surface area contributed by atoms with Crippen molar-refractivity contribution in [3.05, 3.63) is 83.9 Å². The summed E-state index contributed by atoms with van der Waals surface area (Å²) in [4.78, 5) is 11.6. The lowest BCUT2D eigenvalue weighted by Crippen LogP contribution is -2.14. The molecule has 0 fully saturated rings. The monoisotopic (exact) mass is 437 g/mol. The van der Waals surface area contributed by atoms with E-state index in [0.29, 0.717) is 22.7 Å². The lowest BCUT2D eigenvalue weighted by molar-refractivity contribution is 0.101. The van der Waals surface area contributed by atoms with Gasteiger partial charge in [0.2, 0.25) is 0 Å². The summed E-state index contributed by atoms with van der Waals surface area (Å²) in [6.45, 7) is 7.98. The van der Waals surface area contributed by atoms with Crippen LogP contribution < -0.4 is 9.46 Å². The van der Waals surface area contributed by atoms with E-state index < -0.39 is 10.0 Å². The van der Waals surface area contributed by atoms with Gasteiger partial charge in [-0.15, -0.1) is 0 Å². The van der Waals surface area contributed by atoms with Gasteiger partial charge < -0.3 is 4.74 Å². The molecule has 0 aliphatic carbocycles. The van der Waals surface area contributed by atoms with Crippen LogP contribution in [0.2, 0.25) is 0 Å². The molecule has 0 amide bonds. The maximum atomic E-state index is 12.6. The van der Waals surface area contributed by atoms with Crippen molar-refractivity contribution in [1.29, 1.82) is 0 Å². The van der Waals surface area contributed by atoms with Crippen LogP contribution in [0.25, 0.3) is 0 Å². The first-order chi connectivity index (χ1) is 14.6. The Balaban J connectivity index is 1.70. The lowest BCUT2D eigenvalue weighted by Gasteiger charge is -2.23. The van der Waals surface area contributed by atoms with Gasteiger partial charge in [0.15, 0.2) is 5.78 Å². The third kappa shape index (κ3) is 5.52. The van der Waals surface area contributed by atoms with E-state index >= 15 is 0 Å². The number of carbonyl (C=O) groups is 1. The second-order valence-electron chi connectivity index (χ2n) is 8.08. The number of rotatable bonds is 8. The fourth-order valence-electron chi connectivity index (χ4n) is 3.00. The summed E-state index contributed by atoms with van der Waals surface area (Å²) in [7, 11) is -3.81. The SMILES string of the molecule is CCC(C)(C)c1ccc(Oc2ccc(NS(=O)(=O)c3cccc(C(C)=O)c3)cc2)cc1. The number of benzene rings is 3. The molecule has 0 atom stereocenters. The summed E-state index contributed by atoms with van der Waals surface area (Å²) in [5.74, 6) is 1.12. The Morgan fingerprint density at radius 3 is 2.06 bits per heavy atom. The van der Waals surface area contributed by atoms with Crippen molar-refractivity contribution in [2.45, 2.75) is 44.4 Å². The van der Waals surface area contributed by atoms with Crippen LogP contribution in [0, 0.1) is 0 Å². The van der Waals surface area contributed by atoms with Gasteiger partial charge in [-0.1, -0.05) is 45.0 Å². The first-order valence-electron chi connectivity index (χ1n) is 10.1. The molecule has 0 spiro atoms. The van der Waals surface area contributed by atoms with Crippen LogP contribution in [0.15, 0.2) is 77.7 Å². The highest BCUT2D eigenvalue weighted by atomic mass is 32.2. The van der Waals surface area contributed by atoms with E-state index in [1.54, 1.807) is 36.4 Å². The Kier molecular flexibility index (Phi) is 6.51. The number of ketones is 1. The smallest absolute Gasteiger partial charge is 0.261 e. The zero-order valence-electron chi connectivity index (χ0n) is 18.2. The highest BCUT2D eigenvalue weighted by Crippen LogP contribution is 2.30. The van der Waals surface area contributed by atoms with Gasteiger partial charge in [0, 0.05) is 11.3 Å². The number of hydrogen-bond acceptors (Lipinski definition) is 4. The fourth-order valence-corrected chi connectivity index (χ4v) is 4.11. The van der Waals surface area contributed by atoms with Gasteiger partial charge in [-0.05, 0) is 72.9 Å². The first kappa shape index (κ1) is 22.6. The highest BCUT2D eigenvalue weighted by Gasteiger charge is 2.18. The van der Waals surface area contributed by atoms with E-state index in [0.717, 1.165) is 6.42 Å². The molecule has 0 saturated carbocycles. The molecule has 0 bridgehead atoms. The molecule has 0 heterocycles. The number of carbonyl (C=O) groups excluding carboxylic acids is 1. The Labute approximate surface area is 184 Å². The summed E-state index contributed by atoms with van der Waals surface area (Å²) < 4.78 is 33.7. The maximum absolute atomic E-state index is 12.6. The van der Waals surface area contributed by atoms with Crippen molar-refractivity contribution in [3.8, 4) is 11.5 Å². The molecular weight excluding hydrogens is 410 g/mol. The largest absolute Gasteiger partial charge is 0.457 e. The minimum atomic E-state index is -3.81. The number of hydrogen-bond donors (Lipinski definition) is 1. The molecule has 5 nitrogen and oxygen atoms in total. The fraction of sp³-hybridized carbons (Fsp3) is 0.240. The van der Waals surface area contributed by atoms with E-state index in [9.17, 15) is 13.2 Å². The van der Waals surface area contributed by atoms with E-state index in [1.165, 1.54) is 24.6 Å². The predicted molar refractivity (Wildman–Crippen MR) is 124 cm³/mol. The predicted octanol–water partition coefficient (Wildman–Crippen LogP) is 6.17. The molecule has 0 aliphatic heterocycles. The standard InChI is InChI=1S/C25H27NO4S/c1-5-25(3,4)20-9-13-22(14-10-20)30-23-15-11-21(12-16-23)26-31(28,29)24-8-6-7-19(17-24)18(2)27/h6-17,26H,5H2,1-4H3. The minimum absolute atomic E-state index is 0.0376. The van der Waals surface area contributed by atoms with Gasteiger partial charge in [-0.25, -0.2) is 8.42 Å². The van der Waals surface area contributed by atoms with Crippen LogP contribution in [0.4, 0.5) is 5.69 Å². The Morgan fingerprint density at radius 1 is 0.935 bits per heavy atom. The van der Waals surface area contributed by atoms with Gasteiger partial charge >= 0.3 is 0 Å². The molecule has 6 heteroatoms.